The van der Waals surface area contributed by atoms with Gasteiger partial charge in [0.25, 0.3) is 0 Å². The summed E-state index contributed by atoms with van der Waals surface area (Å²) in [5, 5.41) is 10.1. The topological polar surface area (TPSA) is 42.6 Å². The summed E-state index contributed by atoms with van der Waals surface area (Å²) in [6.07, 6.45) is 0.804. The van der Waals surface area contributed by atoms with E-state index in [0.717, 1.165) is 16.9 Å². The van der Waals surface area contributed by atoms with Gasteiger partial charge in [-0.3, -0.25) is 0 Å². The van der Waals surface area contributed by atoms with Gasteiger partial charge in [0, 0.05) is 0 Å². The van der Waals surface area contributed by atoms with E-state index in [2.05, 4.69) is 0 Å². The summed E-state index contributed by atoms with van der Waals surface area (Å²) >= 11 is 0. The Morgan fingerprint density at radius 2 is 1.67 bits per heavy atom. The third kappa shape index (κ3) is 3.33. The molecule has 0 saturated heterocycles. The molecule has 1 heterocycles. The standard InChI is InChI=1S/C18H16O3/c19-18(17-7-4-12-20-17)15-8-10-16(11-9-15)21-13-14-5-2-1-3-6-14/h1-12,18-19H,13H2. The molecule has 2 aromatic carbocycles. The Bertz CT molecular complexity index is 657. The average molecular weight is 280 g/mol. The monoisotopic (exact) mass is 280 g/mol. The quantitative estimate of drug-likeness (QED) is 0.769. The number of rotatable bonds is 5. The van der Waals surface area contributed by atoms with E-state index in [4.69, 9.17) is 9.15 Å². The van der Waals surface area contributed by atoms with Crippen LogP contribution in [0.1, 0.15) is 23.0 Å². The Morgan fingerprint density at radius 3 is 2.33 bits per heavy atom. The maximum atomic E-state index is 10.1. The zero-order chi connectivity index (χ0) is 14.5. The first-order valence-electron chi connectivity index (χ1n) is 6.81. The van der Waals surface area contributed by atoms with Crippen molar-refractivity contribution in [2.24, 2.45) is 0 Å². The fourth-order valence-electron chi connectivity index (χ4n) is 2.10. The molecule has 0 aliphatic carbocycles. The third-order valence-corrected chi connectivity index (χ3v) is 3.26. The van der Waals surface area contributed by atoms with Crippen LogP contribution >= 0.6 is 0 Å². The predicted molar refractivity (Wildman–Crippen MR) is 80.0 cm³/mol. The van der Waals surface area contributed by atoms with Crippen LogP contribution < -0.4 is 4.74 Å². The molecule has 0 spiro atoms. The Kier molecular flexibility index (Phi) is 4.03. The molecule has 1 atom stereocenters. The Hall–Kier alpha value is -2.52. The van der Waals surface area contributed by atoms with Crippen LogP contribution in [0.15, 0.2) is 77.4 Å². The number of hydrogen-bond acceptors (Lipinski definition) is 3. The molecule has 0 saturated carbocycles. The van der Waals surface area contributed by atoms with Gasteiger partial charge in [-0.1, -0.05) is 42.5 Å². The molecule has 0 amide bonds. The van der Waals surface area contributed by atoms with E-state index in [-0.39, 0.29) is 0 Å². The molecule has 1 unspecified atom stereocenters. The molecule has 3 aromatic rings. The predicted octanol–water partition coefficient (Wildman–Crippen LogP) is 3.94. The van der Waals surface area contributed by atoms with Crippen LogP contribution in [0, 0.1) is 0 Å². The number of benzene rings is 2. The Labute approximate surface area is 123 Å². The molecule has 0 bridgehead atoms. The highest BCUT2D eigenvalue weighted by molar-refractivity contribution is 5.31. The van der Waals surface area contributed by atoms with Gasteiger partial charge in [0.05, 0.1) is 6.26 Å². The van der Waals surface area contributed by atoms with E-state index in [0.29, 0.717) is 12.4 Å². The Morgan fingerprint density at radius 1 is 0.905 bits per heavy atom. The van der Waals surface area contributed by atoms with Crippen molar-refractivity contribution in [3.63, 3.8) is 0 Å². The van der Waals surface area contributed by atoms with E-state index in [1.165, 1.54) is 0 Å². The maximum Gasteiger partial charge on any atom is 0.137 e. The molecular formula is C18H16O3. The van der Waals surface area contributed by atoms with Crippen LogP contribution in [-0.2, 0) is 6.61 Å². The lowest BCUT2D eigenvalue weighted by Gasteiger charge is -2.10. The van der Waals surface area contributed by atoms with Gasteiger partial charge >= 0.3 is 0 Å². The summed E-state index contributed by atoms with van der Waals surface area (Å²) in [7, 11) is 0. The summed E-state index contributed by atoms with van der Waals surface area (Å²) in [5.41, 5.74) is 1.90. The van der Waals surface area contributed by atoms with E-state index in [1.807, 2.05) is 54.6 Å². The van der Waals surface area contributed by atoms with Crippen LogP contribution in [0.5, 0.6) is 5.75 Å². The van der Waals surface area contributed by atoms with Crippen molar-refractivity contribution in [1.82, 2.24) is 0 Å². The average Bonchev–Trinajstić information content (AvgIpc) is 3.08. The van der Waals surface area contributed by atoms with Crippen molar-refractivity contribution in [2.75, 3.05) is 0 Å². The first-order valence-corrected chi connectivity index (χ1v) is 6.81. The second-order valence-electron chi connectivity index (χ2n) is 4.76. The largest absolute Gasteiger partial charge is 0.489 e. The molecule has 3 rings (SSSR count). The van der Waals surface area contributed by atoms with Gasteiger partial charge in [-0.2, -0.15) is 0 Å². The summed E-state index contributed by atoms with van der Waals surface area (Å²) in [6, 6.07) is 20.9. The zero-order valence-electron chi connectivity index (χ0n) is 11.5. The normalized spacial score (nSPS) is 12.0. The SMILES string of the molecule is OC(c1ccc(OCc2ccccc2)cc1)c1ccco1. The summed E-state index contributed by atoms with van der Waals surface area (Å²) in [6.45, 7) is 0.529. The van der Waals surface area contributed by atoms with Crippen molar-refractivity contribution in [1.29, 1.82) is 0 Å². The molecule has 0 radical (unpaired) electrons. The number of ether oxygens (including phenoxy) is 1. The van der Waals surface area contributed by atoms with Crippen molar-refractivity contribution in [2.45, 2.75) is 12.7 Å². The molecule has 3 nitrogen and oxygen atoms in total. The van der Waals surface area contributed by atoms with Crippen LogP contribution in [0.2, 0.25) is 0 Å². The minimum absolute atomic E-state index is 0.529. The van der Waals surface area contributed by atoms with Gasteiger partial charge in [-0.15, -0.1) is 0 Å². The molecule has 106 valence electrons. The summed E-state index contributed by atoms with van der Waals surface area (Å²) in [5.74, 6) is 1.31. The molecule has 1 aromatic heterocycles. The highest BCUT2D eigenvalue weighted by Crippen LogP contribution is 2.24. The van der Waals surface area contributed by atoms with Gasteiger partial charge < -0.3 is 14.3 Å². The second-order valence-corrected chi connectivity index (χ2v) is 4.76. The molecule has 1 N–H and O–H groups in total. The molecule has 21 heavy (non-hydrogen) atoms. The fraction of sp³-hybridized carbons (Fsp3) is 0.111. The van der Waals surface area contributed by atoms with Gasteiger partial charge in [-0.05, 0) is 35.4 Å². The smallest absolute Gasteiger partial charge is 0.137 e. The highest BCUT2D eigenvalue weighted by atomic mass is 16.5. The first-order chi connectivity index (χ1) is 10.3. The lowest BCUT2D eigenvalue weighted by Crippen LogP contribution is -1.99. The van der Waals surface area contributed by atoms with Crippen molar-refractivity contribution < 1.29 is 14.3 Å². The van der Waals surface area contributed by atoms with Gasteiger partial charge in [0.15, 0.2) is 0 Å². The van der Waals surface area contributed by atoms with E-state index >= 15 is 0 Å². The molecule has 3 heteroatoms. The van der Waals surface area contributed by atoms with Crippen LogP contribution in [0.25, 0.3) is 0 Å². The Balaban J connectivity index is 1.64. The van der Waals surface area contributed by atoms with E-state index in [9.17, 15) is 5.11 Å². The third-order valence-electron chi connectivity index (χ3n) is 3.26. The summed E-state index contributed by atoms with van der Waals surface area (Å²) < 4.78 is 10.9. The minimum Gasteiger partial charge on any atom is -0.489 e. The fourth-order valence-corrected chi connectivity index (χ4v) is 2.10. The van der Waals surface area contributed by atoms with Crippen LogP contribution in [0.3, 0.4) is 0 Å². The maximum absolute atomic E-state index is 10.1. The van der Waals surface area contributed by atoms with E-state index in [1.54, 1.807) is 18.4 Å². The first kappa shape index (κ1) is 13.5. The van der Waals surface area contributed by atoms with E-state index < -0.39 is 6.10 Å². The lowest BCUT2D eigenvalue weighted by atomic mass is 10.1. The molecular weight excluding hydrogens is 264 g/mol. The van der Waals surface area contributed by atoms with Gasteiger partial charge in [0.2, 0.25) is 0 Å². The molecule has 0 fully saturated rings. The second kappa shape index (κ2) is 6.29. The molecule has 0 aliphatic rings. The van der Waals surface area contributed by atoms with Crippen molar-refractivity contribution in [3.8, 4) is 5.75 Å². The highest BCUT2D eigenvalue weighted by Gasteiger charge is 2.12. The lowest BCUT2D eigenvalue weighted by molar-refractivity contribution is 0.189. The van der Waals surface area contributed by atoms with Gasteiger partial charge in [0.1, 0.15) is 24.2 Å². The minimum atomic E-state index is -0.747. The van der Waals surface area contributed by atoms with Crippen molar-refractivity contribution >= 4 is 0 Å². The summed E-state index contributed by atoms with van der Waals surface area (Å²) in [4.78, 5) is 0. The number of aliphatic hydroxyl groups is 1. The zero-order valence-corrected chi connectivity index (χ0v) is 11.5. The number of hydrogen-bond donors (Lipinski definition) is 1. The van der Waals surface area contributed by atoms with Crippen molar-refractivity contribution in [3.05, 3.63) is 89.9 Å². The van der Waals surface area contributed by atoms with Crippen LogP contribution in [-0.4, -0.2) is 5.11 Å². The van der Waals surface area contributed by atoms with Gasteiger partial charge in [-0.25, -0.2) is 0 Å². The number of furan rings is 1. The molecule has 0 aliphatic heterocycles. The van der Waals surface area contributed by atoms with Crippen LogP contribution in [0.4, 0.5) is 0 Å². The number of aliphatic hydroxyl groups excluding tert-OH is 1.